The number of aromatic nitrogens is 2. The molecule has 0 saturated carbocycles. The molecule has 1 aromatic rings. The highest BCUT2D eigenvalue weighted by molar-refractivity contribution is 4.96. The van der Waals surface area contributed by atoms with Gasteiger partial charge in [-0.05, 0) is 32.6 Å². The first-order chi connectivity index (χ1) is 10.3. The van der Waals surface area contributed by atoms with Gasteiger partial charge in [0.2, 0.25) is 0 Å². The van der Waals surface area contributed by atoms with Gasteiger partial charge in [0.25, 0.3) is 0 Å². The van der Waals surface area contributed by atoms with Crippen LogP contribution >= 0.6 is 0 Å². The number of hydrogen-bond donors (Lipinski definition) is 0. The lowest BCUT2D eigenvalue weighted by Crippen LogP contribution is -2.36. The van der Waals surface area contributed by atoms with E-state index in [2.05, 4.69) is 58.8 Å². The van der Waals surface area contributed by atoms with Crippen molar-refractivity contribution in [2.75, 3.05) is 13.6 Å². The lowest BCUT2D eigenvalue weighted by molar-refractivity contribution is 0.160. The van der Waals surface area contributed by atoms with Crippen LogP contribution in [0.2, 0.25) is 0 Å². The second-order valence-corrected chi connectivity index (χ2v) is 5.91. The Morgan fingerprint density at radius 3 is 2.76 bits per heavy atom. The average Bonchev–Trinajstić information content (AvgIpc) is 3.08. The van der Waals surface area contributed by atoms with Crippen molar-refractivity contribution in [2.24, 2.45) is 0 Å². The van der Waals surface area contributed by atoms with E-state index in [0.717, 1.165) is 13.0 Å². The molecular weight excluding hydrogens is 260 g/mol. The number of unbranched alkanes of at least 4 members (excludes halogenated alkanes) is 2. The van der Waals surface area contributed by atoms with Crippen molar-refractivity contribution in [3.05, 3.63) is 30.6 Å². The van der Waals surface area contributed by atoms with Crippen LogP contribution in [0.3, 0.4) is 0 Å². The molecule has 4 nitrogen and oxygen atoms in total. The van der Waals surface area contributed by atoms with E-state index in [4.69, 9.17) is 0 Å². The Labute approximate surface area is 129 Å². The van der Waals surface area contributed by atoms with Gasteiger partial charge in [0.1, 0.15) is 12.0 Å². The van der Waals surface area contributed by atoms with Gasteiger partial charge in [0.15, 0.2) is 0 Å². The molecule has 0 radical (unpaired) electrons. The highest BCUT2D eigenvalue weighted by atomic mass is 15.4. The van der Waals surface area contributed by atoms with Crippen LogP contribution in [0.25, 0.3) is 0 Å². The SMILES string of the molecule is CCCCN1C=CN(C)C1CCCCc1nccn1CC. The van der Waals surface area contributed by atoms with Crippen molar-refractivity contribution in [1.29, 1.82) is 0 Å². The molecule has 0 saturated heterocycles. The van der Waals surface area contributed by atoms with E-state index in [0.29, 0.717) is 6.17 Å². The van der Waals surface area contributed by atoms with Gasteiger partial charge in [0, 0.05) is 51.4 Å². The van der Waals surface area contributed by atoms with Gasteiger partial charge in [-0.2, -0.15) is 0 Å². The highest BCUT2D eigenvalue weighted by Crippen LogP contribution is 2.20. The largest absolute Gasteiger partial charge is 0.359 e. The Morgan fingerprint density at radius 1 is 1.14 bits per heavy atom. The van der Waals surface area contributed by atoms with Crippen LogP contribution in [0.4, 0.5) is 0 Å². The number of hydrogen-bond acceptors (Lipinski definition) is 3. The minimum absolute atomic E-state index is 0.558. The van der Waals surface area contributed by atoms with E-state index in [9.17, 15) is 0 Å². The molecule has 0 aromatic carbocycles. The van der Waals surface area contributed by atoms with Crippen LogP contribution in [0, 0.1) is 0 Å². The minimum atomic E-state index is 0.558. The number of rotatable bonds is 9. The standard InChI is InChI=1S/C17H30N4/c1-4-6-12-21-15-14-19(3)17(21)10-8-7-9-16-18-11-13-20(16)5-2/h11,13-15,17H,4-10,12H2,1-3H3. The van der Waals surface area contributed by atoms with Crippen molar-refractivity contribution in [3.63, 3.8) is 0 Å². The highest BCUT2D eigenvalue weighted by Gasteiger charge is 2.22. The molecule has 118 valence electrons. The fraction of sp³-hybridized carbons (Fsp3) is 0.706. The Morgan fingerprint density at radius 2 is 2.00 bits per heavy atom. The summed E-state index contributed by atoms with van der Waals surface area (Å²) in [5, 5.41) is 0. The Bertz CT molecular complexity index is 438. The van der Waals surface area contributed by atoms with Gasteiger partial charge in [0.05, 0.1) is 0 Å². The van der Waals surface area contributed by atoms with Crippen LogP contribution < -0.4 is 0 Å². The van der Waals surface area contributed by atoms with Gasteiger partial charge in [-0.25, -0.2) is 4.98 Å². The molecule has 21 heavy (non-hydrogen) atoms. The van der Waals surface area contributed by atoms with Crippen LogP contribution in [0.15, 0.2) is 24.8 Å². The normalized spacial score (nSPS) is 18.0. The summed E-state index contributed by atoms with van der Waals surface area (Å²) >= 11 is 0. The first-order valence-electron chi connectivity index (χ1n) is 8.42. The van der Waals surface area contributed by atoms with Crippen LogP contribution in [0.5, 0.6) is 0 Å². The summed E-state index contributed by atoms with van der Waals surface area (Å²) in [6, 6.07) is 0. The topological polar surface area (TPSA) is 24.3 Å². The molecule has 0 bridgehead atoms. The zero-order chi connectivity index (χ0) is 15.1. The van der Waals surface area contributed by atoms with E-state index in [1.807, 2.05) is 6.20 Å². The monoisotopic (exact) mass is 290 g/mol. The van der Waals surface area contributed by atoms with E-state index < -0.39 is 0 Å². The summed E-state index contributed by atoms with van der Waals surface area (Å²) in [6.07, 6.45) is 16.4. The zero-order valence-electron chi connectivity index (χ0n) is 13.8. The second-order valence-electron chi connectivity index (χ2n) is 5.91. The molecule has 1 aliphatic heterocycles. The van der Waals surface area contributed by atoms with E-state index >= 15 is 0 Å². The van der Waals surface area contributed by atoms with E-state index in [1.54, 1.807) is 0 Å². The molecule has 0 aliphatic carbocycles. The molecule has 2 heterocycles. The molecule has 0 amide bonds. The van der Waals surface area contributed by atoms with Gasteiger partial charge >= 0.3 is 0 Å². The average molecular weight is 290 g/mol. The number of aryl methyl sites for hydroxylation is 2. The van der Waals surface area contributed by atoms with Crippen molar-refractivity contribution in [2.45, 2.75) is 65.1 Å². The van der Waals surface area contributed by atoms with Gasteiger partial charge < -0.3 is 14.4 Å². The maximum absolute atomic E-state index is 4.46. The smallest absolute Gasteiger partial charge is 0.108 e. The Hall–Kier alpha value is -1.45. The Kier molecular flexibility index (Phi) is 6.15. The van der Waals surface area contributed by atoms with E-state index in [1.165, 1.54) is 44.5 Å². The predicted octanol–water partition coefficient (Wildman–Crippen LogP) is 3.46. The zero-order valence-corrected chi connectivity index (χ0v) is 13.8. The first kappa shape index (κ1) is 15.9. The molecule has 4 heteroatoms. The third-order valence-electron chi connectivity index (χ3n) is 4.37. The molecule has 1 aliphatic rings. The summed E-state index contributed by atoms with van der Waals surface area (Å²) < 4.78 is 2.25. The fourth-order valence-electron chi connectivity index (χ4n) is 3.02. The van der Waals surface area contributed by atoms with E-state index in [-0.39, 0.29) is 0 Å². The lowest BCUT2D eigenvalue weighted by Gasteiger charge is -2.30. The molecular formula is C17H30N4. The Balaban J connectivity index is 1.72. The first-order valence-corrected chi connectivity index (χ1v) is 8.42. The summed E-state index contributed by atoms with van der Waals surface area (Å²) in [6.45, 7) is 6.64. The second kappa shape index (κ2) is 8.11. The maximum Gasteiger partial charge on any atom is 0.108 e. The van der Waals surface area contributed by atoms with Gasteiger partial charge in [-0.15, -0.1) is 0 Å². The summed E-state index contributed by atoms with van der Waals surface area (Å²) in [5.41, 5.74) is 0. The quantitative estimate of drug-likeness (QED) is 0.651. The molecule has 0 fully saturated rings. The molecule has 1 unspecified atom stereocenters. The van der Waals surface area contributed by atoms with Crippen LogP contribution in [0.1, 0.15) is 51.8 Å². The van der Waals surface area contributed by atoms with Gasteiger partial charge in [-0.1, -0.05) is 13.3 Å². The maximum atomic E-state index is 4.46. The lowest BCUT2D eigenvalue weighted by atomic mass is 10.1. The summed E-state index contributed by atoms with van der Waals surface area (Å²) in [4.78, 5) is 9.30. The molecule has 0 spiro atoms. The predicted molar refractivity (Wildman–Crippen MR) is 87.8 cm³/mol. The summed E-state index contributed by atoms with van der Waals surface area (Å²) in [5.74, 6) is 1.23. The van der Waals surface area contributed by atoms with Crippen LogP contribution in [-0.2, 0) is 13.0 Å². The van der Waals surface area contributed by atoms with Crippen molar-refractivity contribution < 1.29 is 0 Å². The third-order valence-corrected chi connectivity index (χ3v) is 4.37. The fourth-order valence-corrected chi connectivity index (χ4v) is 3.02. The van der Waals surface area contributed by atoms with Crippen LogP contribution in [-0.4, -0.2) is 39.1 Å². The van der Waals surface area contributed by atoms with Crippen molar-refractivity contribution in [3.8, 4) is 0 Å². The van der Waals surface area contributed by atoms with Gasteiger partial charge in [-0.3, -0.25) is 0 Å². The summed E-state index contributed by atoms with van der Waals surface area (Å²) in [7, 11) is 2.19. The number of imidazole rings is 1. The molecule has 1 atom stereocenters. The molecule has 2 rings (SSSR count). The minimum Gasteiger partial charge on any atom is -0.359 e. The number of nitrogens with zero attached hydrogens (tertiary/aromatic N) is 4. The molecule has 0 N–H and O–H groups in total. The third kappa shape index (κ3) is 4.26. The molecule has 1 aromatic heterocycles. The van der Waals surface area contributed by atoms with Crippen molar-refractivity contribution in [1.82, 2.24) is 19.4 Å². The van der Waals surface area contributed by atoms with Crippen molar-refractivity contribution >= 4 is 0 Å².